The zero-order chi connectivity index (χ0) is 64.2. The Morgan fingerprint density at radius 3 is 1.17 bits per heavy atom. The van der Waals surface area contributed by atoms with Gasteiger partial charge in [-0.1, -0.05) is 0 Å². The van der Waals surface area contributed by atoms with Crippen molar-refractivity contribution in [2.75, 3.05) is 60.1 Å². The number of amides is 2. The predicted molar refractivity (Wildman–Crippen MR) is 330 cm³/mol. The van der Waals surface area contributed by atoms with Gasteiger partial charge >= 0.3 is 6.03 Å². The van der Waals surface area contributed by atoms with E-state index in [2.05, 4.69) is 51.5 Å². The number of azo groups is 4. The molecule has 0 atom stereocenters. The quantitative estimate of drug-likeness (QED) is 0.00841. The lowest BCUT2D eigenvalue weighted by Crippen LogP contribution is -2.19. The van der Waals surface area contributed by atoms with Crippen LogP contribution in [0.3, 0.4) is 0 Å². The Hall–Kier alpha value is -7.55. The molecule has 472 valence electrons. The maximum atomic E-state index is 13.3. The summed E-state index contributed by atoms with van der Waals surface area (Å²) in [5.74, 6) is -0.968. The van der Waals surface area contributed by atoms with E-state index in [1.54, 1.807) is 82.3 Å². The summed E-state index contributed by atoms with van der Waals surface area (Å²) in [6, 6.07) is 23.3. The Labute approximate surface area is 515 Å². The monoisotopic (exact) mass is 1330 g/mol. The SMILES string of the molecule is Cc1cc(N=Nc2ccc(NC(=O)Nc3ccc(/N=N/c4cc(C)c(N=Nc5ccc(SO)cc5OCCCS(=O)(=O)O)cc4OCCCS(=O)(=O)O)c(C)c3)cc2C)c(OCCCS(=O)(=O)O)cc1N=Nc1ccc(S(=O)(=O)O)cc1OCCCSO. The average molecular weight is 1330 g/mol. The molecule has 35 heteroatoms. The van der Waals surface area contributed by atoms with E-state index in [0.29, 0.717) is 91.8 Å². The zero-order valence-electron chi connectivity index (χ0n) is 47.2. The highest BCUT2D eigenvalue weighted by atomic mass is 32.2. The number of nitrogens with zero attached hydrogens (tertiary/aromatic N) is 8. The van der Waals surface area contributed by atoms with E-state index < -0.39 is 68.7 Å². The molecule has 2 amide bonds. The molecule has 0 aliphatic carbocycles. The van der Waals surface area contributed by atoms with Crippen molar-refractivity contribution in [3.8, 4) is 23.0 Å². The van der Waals surface area contributed by atoms with E-state index in [0.717, 1.165) is 12.1 Å². The minimum absolute atomic E-state index is 0.0147. The molecule has 8 N–H and O–H groups in total. The van der Waals surface area contributed by atoms with Crippen molar-refractivity contribution in [2.45, 2.75) is 63.2 Å². The number of urea groups is 1. The number of benzene rings is 6. The third kappa shape index (κ3) is 23.2. The first-order chi connectivity index (χ1) is 41.6. The number of carbonyl (C=O) groups excluding carboxylic acids is 1. The van der Waals surface area contributed by atoms with E-state index in [-0.39, 0.29) is 97.1 Å². The summed E-state index contributed by atoms with van der Waals surface area (Å²) in [5, 5.41) is 40.4. The first kappa shape index (κ1) is 69.5. The number of hydrogen-bond acceptors (Lipinski definition) is 25. The highest BCUT2D eigenvalue weighted by Crippen LogP contribution is 2.41. The zero-order valence-corrected chi connectivity index (χ0v) is 52.1. The molecule has 0 aromatic heterocycles. The Morgan fingerprint density at radius 1 is 0.420 bits per heavy atom. The molecule has 88 heavy (non-hydrogen) atoms. The standard InChI is InChI=1S/C53H60N10O19S6/c1-33-25-37(9-13-41(33)56-62-47-27-35(3)45(31-51(47)81-19-7-23-86(70,71)72)60-58-43-15-11-39(84-66)29-49(43)80-18-6-22-85(67,68)69)54-53(64)55-38-10-14-42(34(2)26-38)57-63-48-28-36(4)46(32-52(48)82-20-8-24-87(73,74)75)61-59-44-16-12-40(88(76,77)78)30-50(44)79-17-5-21-83-65/h9-16,25-32,65-66H,5-8,17-24H2,1-4H3,(H2,54,55,64)(H,67,68,69)(H,70,71,72)(H,73,74,75)(H,76,77,78)/b60-58?,61-59?,62-56+,63-57?. The van der Waals surface area contributed by atoms with Gasteiger partial charge in [0.2, 0.25) is 0 Å². The van der Waals surface area contributed by atoms with Crippen LogP contribution in [-0.4, -0.2) is 116 Å². The van der Waals surface area contributed by atoms with Crippen LogP contribution in [0.15, 0.2) is 148 Å². The van der Waals surface area contributed by atoms with Crippen LogP contribution in [0.25, 0.3) is 0 Å². The van der Waals surface area contributed by atoms with Gasteiger partial charge in [-0.2, -0.15) is 54.1 Å². The first-order valence-electron chi connectivity index (χ1n) is 26.0. The van der Waals surface area contributed by atoms with E-state index in [1.807, 2.05) is 0 Å². The second-order valence-corrected chi connectivity index (χ2v) is 26.4. The molecular formula is C53H60N10O19S6. The molecule has 6 rings (SSSR count). The van der Waals surface area contributed by atoms with Crippen molar-refractivity contribution >= 4 is 127 Å². The molecule has 0 aliphatic heterocycles. The number of carbonyl (C=O) groups is 1. The van der Waals surface area contributed by atoms with Crippen LogP contribution in [-0.2, 0) is 40.5 Å². The molecule has 0 saturated heterocycles. The summed E-state index contributed by atoms with van der Waals surface area (Å²) >= 11 is 1.05. The van der Waals surface area contributed by atoms with Gasteiger partial charge in [0.25, 0.3) is 40.5 Å². The third-order valence-electron chi connectivity index (χ3n) is 11.8. The average Bonchev–Trinajstić information content (AvgIpc) is 2.32. The van der Waals surface area contributed by atoms with Crippen LogP contribution in [0.5, 0.6) is 23.0 Å². The number of rotatable bonds is 32. The molecule has 0 unspecified atom stereocenters. The summed E-state index contributed by atoms with van der Waals surface area (Å²) in [7, 11) is -17.4. The lowest BCUT2D eigenvalue weighted by Gasteiger charge is -2.12. The number of ether oxygens (including phenoxy) is 4. The lowest BCUT2D eigenvalue weighted by atomic mass is 10.1. The number of anilines is 2. The number of hydrogen-bond donors (Lipinski definition) is 8. The molecule has 6 aromatic rings. The Kier molecular flexibility index (Phi) is 25.4. The second-order valence-electron chi connectivity index (χ2n) is 18.9. The van der Waals surface area contributed by atoms with Crippen molar-refractivity contribution in [2.24, 2.45) is 40.9 Å². The molecular weight excluding hydrogens is 1270 g/mol. The Bertz CT molecular complexity index is 4080. The number of nitrogens with one attached hydrogen (secondary N) is 2. The van der Waals surface area contributed by atoms with Crippen LogP contribution in [0.4, 0.5) is 61.7 Å². The topological polar surface area (TPSA) is 435 Å². The summed E-state index contributed by atoms with van der Waals surface area (Å²) in [6.07, 6.45) is 0.196. The first-order valence-corrected chi connectivity index (χ1v) is 34.0. The van der Waals surface area contributed by atoms with Crippen molar-refractivity contribution in [1.29, 1.82) is 0 Å². The van der Waals surface area contributed by atoms with Crippen LogP contribution < -0.4 is 29.6 Å². The molecule has 0 fully saturated rings. The van der Waals surface area contributed by atoms with E-state index in [4.69, 9.17) is 28.1 Å². The van der Waals surface area contributed by atoms with Crippen molar-refractivity contribution in [1.82, 2.24) is 0 Å². The maximum Gasteiger partial charge on any atom is 0.323 e. The van der Waals surface area contributed by atoms with Crippen LogP contribution in [0.1, 0.15) is 47.9 Å². The van der Waals surface area contributed by atoms with Gasteiger partial charge in [0.1, 0.15) is 45.7 Å². The van der Waals surface area contributed by atoms with Gasteiger partial charge in [-0.05, 0) is 167 Å². The molecule has 29 nitrogen and oxygen atoms in total. The summed E-state index contributed by atoms with van der Waals surface area (Å²) in [5.41, 5.74) is 5.15. The summed E-state index contributed by atoms with van der Waals surface area (Å²) in [4.78, 5) is 13.2. The van der Waals surface area contributed by atoms with Crippen molar-refractivity contribution < 1.29 is 84.7 Å². The molecule has 0 heterocycles. The van der Waals surface area contributed by atoms with Gasteiger partial charge in [-0.15, -0.1) is 20.5 Å². The van der Waals surface area contributed by atoms with Crippen LogP contribution in [0, 0.1) is 27.7 Å². The maximum absolute atomic E-state index is 13.3. The van der Waals surface area contributed by atoms with E-state index in [1.165, 1.54) is 30.3 Å². The van der Waals surface area contributed by atoms with Crippen LogP contribution >= 0.6 is 24.1 Å². The van der Waals surface area contributed by atoms with Crippen molar-refractivity contribution in [3.63, 3.8) is 0 Å². The fourth-order valence-corrected chi connectivity index (χ4v) is 10.0. The molecule has 0 bridgehead atoms. The Morgan fingerprint density at radius 2 is 0.773 bits per heavy atom. The largest absolute Gasteiger partial charge is 0.491 e. The smallest absolute Gasteiger partial charge is 0.323 e. The van der Waals surface area contributed by atoms with E-state index >= 15 is 0 Å². The molecule has 0 spiro atoms. The van der Waals surface area contributed by atoms with Crippen molar-refractivity contribution in [3.05, 3.63) is 119 Å². The third-order valence-corrected chi connectivity index (χ3v) is 16.0. The van der Waals surface area contributed by atoms with Gasteiger partial charge in [0, 0.05) is 52.3 Å². The Balaban J connectivity index is 1.15. The predicted octanol–water partition coefficient (Wildman–Crippen LogP) is 14.0. The lowest BCUT2D eigenvalue weighted by molar-refractivity contribution is 0.262. The fraction of sp³-hybridized carbons (Fsp3) is 0.302. The molecule has 0 saturated carbocycles. The molecule has 0 aliphatic rings. The minimum Gasteiger partial charge on any atom is -0.491 e. The fourth-order valence-electron chi connectivity index (χ4n) is 7.52. The van der Waals surface area contributed by atoms with E-state index in [9.17, 15) is 56.7 Å². The van der Waals surface area contributed by atoms with Gasteiger partial charge < -0.3 is 38.7 Å². The van der Waals surface area contributed by atoms with Crippen LogP contribution in [0.2, 0.25) is 0 Å². The normalized spacial score (nSPS) is 12.4. The van der Waals surface area contributed by atoms with Gasteiger partial charge in [-0.25, -0.2) is 4.79 Å². The van der Waals surface area contributed by atoms with Gasteiger partial charge in [0.15, 0.2) is 0 Å². The second kappa shape index (κ2) is 32.1. The molecule has 6 aromatic carbocycles. The highest BCUT2D eigenvalue weighted by Gasteiger charge is 2.18. The minimum atomic E-state index is -4.59. The van der Waals surface area contributed by atoms with Gasteiger partial charge in [0.05, 0.1) is 71.3 Å². The number of aryl methyl sites for hydroxylation is 4. The summed E-state index contributed by atoms with van der Waals surface area (Å²) in [6.45, 7) is 6.52. The summed E-state index contributed by atoms with van der Waals surface area (Å²) < 4.78 is 171. The van der Waals surface area contributed by atoms with Gasteiger partial charge in [-0.3, -0.25) is 18.2 Å². The molecule has 0 radical (unpaired) electrons. The highest BCUT2D eigenvalue weighted by molar-refractivity contribution is 7.94.